The summed E-state index contributed by atoms with van der Waals surface area (Å²) in [6.45, 7) is 31.6. The van der Waals surface area contributed by atoms with E-state index in [4.69, 9.17) is 0 Å². The van der Waals surface area contributed by atoms with Gasteiger partial charge in [-0.05, 0) is 113 Å². The highest BCUT2D eigenvalue weighted by atomic mass is 14.7. The molecule has 0 amide bonds. The van der Waals surface area contributed by atoms with Crippen LogP contribution in [0.5, 0.6) is 0 Å². The van der Waals surface area contributed by atoms with E-state index in [2.05, 4.69) is 83.1 Å². The van der Waals surface area contributed by atoms with E-state index < -0.39 is 0 Å². The minimum Gasteiger partial charge on any atom is -0.0622 e. The first-order valence-corrected chi connectivity index (χ1v) is 14.3. The molecule has 4 aliphatic carbocycles. The Bertz CT molecular complexity index is 592. The highest BCUT2D eigenvalue weighted by Crippen LogP contribution is 2.68. The third-order valence-corrected chi connectivity index (χ3v) is 13.6. The van der Waals surface area contributed by atoms with Crippen molar-refractivity contribution in [3.05, 3.63) is 0 Å². The average molecular weight is 429 g/mol. The molecule has 16 atom stereocenters. The lowest BCUT2D eigenvalue weighted by Gasteiger charge is -2.55. The molecule has 4 rings (SSSR count). The summed E-state index contributed by atoms with van der Waals surface area (Å²) in [6, 6.07) is 0. The second-order valence-corrected chi connectivity index (χ2v) is 14.7. The van der Waals surface area contributed by atoms with Crippen molar-refractivity contribution in [2.24, 2.45) is 100 Å². The fourth-order valence-electron chi connectivity index (χ4n) is 11.4. The van der Waals surface area contributed by atoms with E-state index in [0.29, 0.717) is 5.41 Å². The van der Waals surface area contributed by atoms with Gasteiger partial charge in [0, 0.05) is 0 Å². The van der Waals surface area contributed by atoms with Gasteiger partial charge in [-0.1, -0.05) is 83.1 Å². The maximum Gasteiger partial charge on any atom is -0.0287 e. The van der Waals surface area contributed by atoms with Gasteiger partial charge in [0.1, 0.15) is 0 Å². The molecule has 0 heteroatoms. The van der Waals surface area contributed by atoms with Gasteiger partial charge in [-0.2, -0.15) is 0 Å². The summed E-state index contributed by atoms with van der Waals surface area (Å²) in [5.74, 6) is 14.6. The summed E-state index contributed by atoms with van der Waals surface area (Å²) in [5, 5.41) is 0. The Hall–Kier alpha value is 0. The van der Waals surface area contributed by atoms with Gasteiger partial charge in [0.25, 0.3) is 0 Å². The summed E-state index contributed by atoms with van der Waals surface area (Å²) in [4.78, 5) is 0. The Kier molecular flexibility index (Phi) is 6.26. The minimum atomic E-state index is 0.459. The summed E-state index contributed by atoms with van der Waals surface area (Å²) in [7, 11) is 0. The molecule has 0 saturated heterocycles. The van der Waals surface area contributed by atoms with E-state index >= 15 is 0 Å². The van der Waals surface area contributed by atoms with Crippen LogP contribution in [0.2, 0.25) is 0 Å². The highest BCUT2D eigenvalue weighted by molar-refractivity contribution is 5.10. The summed E-state index contributed by atoms with van der Waals surface area (Å²) < 4.78 is 0. The Morgan fingerprint density at radius 2 is 0.710 bits per heavy atom. The standard InChI is InChI=1S/C31H56/c1-15-13-25-21(7)17(3)19(5)23(9)27(25)29(15)31(11,12)30-16(2)14-26-22(8)18(4)20(6)24(10)28(26)30/h15-30H,13-14H2,1-12H3. The van der Waals surface area contributed by atoms with Gasteiger partial charge in [0.15, 0.2) is 0 Å². The van der Waals surface area contributed by atoms with E-state index in [1.165, 1.54) is 12.8 Å². The van der Waals surface area contributed by atoms with Crippen LogP contribution in [-0.2, 0) is 0 Å². The molecule has 0 aromatic carbocycles. The maximum atomic E-state index is 2.75. The third-order valence-electron chi connectivity index (χ3n) is 13.6. The van der Waals surface area contributed by atoms with Gasteiger partial charge in [0.05, 0.1) is 0 Å². The molecule has 0 radical (unpaired) electrons. The quantitative estimate of drug-likeness (QED) is 0.412. The lowest BCUT2D eigenvalue weighted by molar-refractivity contribution is -0.0763. The molecule has 4 fully saturated rings. The van der Waals surface area contributed by atoms with E-state index in [1.807, 2.05) is 0 Å². The van der Waals surface area contributed by atoms with Crippen molar-refractivity contribution < 1.29 is 0 Å². The van der Waals surface area contributed by atoms with Crippen molar-refractivity contribution >= 4 is 0 Å². The Balaban J connectivity index is 1.70. The molecule has 16 unspecified atom stereocenters. The van der Waals surface area contributed by atoms with E-state index in [1.54, 1.807) is 0 Å². The van der Waals surface area contributed by atoms with E-state index in [-0.39, 0.29) is 0 Å². The van der Waals surface area contributed by atoms with Crippen LogP contribution in [0.4, 0.5) is 0 Å². The molecule has 0 nitrogen and oxygen atoms in total. The van der Waals surface area contributed by atoms with Gasteiger partial charge in [0.2, 0.25) is 0 Å². The zero-order valence-corrected chi connectivity index (χ0v) is 23.2. The summed E-state index contributed by atoms with van der Waals surface area (Å²) in [6.07, 6.45) is 2.99. The second-order valence-electron chi connectivity index (χ2n) is 14.7. The van der Waals surface area contributed by atoms with Crippen LogP contribution >= 0.6 is 0 Å². The van der Waals surface area contributed by atoms with Gasteiger partial charge in [-0.3, -0.25) is 0 Å². The molecule has 0 aliphatic heterocycles. The predicted molar refractivity (Wildman–Crippen MR) is 136 cm³/mol. The van der Waals surface area contributed by atoms with Crippen molar-refractivity contribution in [2.75, 3.05) is 0 Å². The number of hydrogen-bond donors (Lipinski definition) is 0. The fourth-order valence-corrected chi connectivity index (χ4v) is 11.4. The topological polar surface area (TPSA) is 0 Å². The van der Waals surface area contributed by atoms with Crippen molar-refractivity contribution in [2.45, 2.75) is 95.9 Å². The van der Waals surface area contributed by atoms with Crippen molar-refractivity contribution in [3.8, 4) is 0 Å². The van der Waals surface area contributed by atoms with Crippen molar-refractivity contribution in [1.82, 2.24) is 0 Å². The molecule has 0 N–H and O–H groups in total. The SMILES string of the molecule is CC1CC2C(C)C(C)C(C)C(C)C2C1C(C)(C)C1C(C)CC2C(C)C(C)C(C)C(C)C21. The molecule has 180 valence electrons. The monoisotopic (exact) mass is 428 g/mol. The predicted octanol–water partition coefficient (Wildman–Crippen LogP) is 8.91. The fraction of sp³-hybridized carbons (Fsp3) is 1.00. The first-order valence-electron chi connectivity index (χ1n) is 14.3. The second kappa shape index (κ2) is 8.05. The largest absolute Gasteiger partial charge is 0.0622 e. The first kappa shape index (κ1) is 24.1. The smallest absolute Gasteiger partial charge is 0.0287 e. The van der Waals surface area contributed by atoms with Crippen LogP contribution in [0.1, 0.15) is 95.9 Å². The van der Waals surface area contributed by atoms with Gasteiger partial charge < -0.3 is 0 Å². The third kappa shape index (κ3) is 3.33. The normalized spacial score (nSPS) is 60.0. The van der Waals surface area contributed by atoms with Crippen LogP contribution in [0.15, 0.2) is 0 Å². The molecule has 31 heavy (non-hydrogen) atoms. The van der Waals surface area contributed by atoms with Gasteiger partial charge in [-0.15, -0.1) is 0 Å². The Morgan fingerprint density at radius 1 is 0.419 bits per heavy atom. The van der Waals surface area contributed by atoms with Crippen LogP contribution in [-0.4, -0.2) is 0 Å². The molecular formula is C31H56. The molecule has 0 spiro atoms. The zero-order valence-electron chi connectivity index (χ0n) is 23.2. The number of rotatable bonds is 2. The Labute approximate surface area is 196 Å². The minimum absolute atomic E-state index is 0.459. The molecule has 4 aliphatic rings. The van der Waals surface area contributed by atoms with Crippen LogP contribution in [0, 0.1) is 100 Å². The van der Waals surface area contributed by atoms with Crippen LogP contribution in [0.25, 0.3) is 0 Å². The zero-order chi connectivity index (χ0) is 23.2. The maximum absolute atomic E-state index is 2.75. The van der Waals surface area contributed by atoms with Gasteiger partial charge in [-0.25, -0.2) is 0 Å². The van der Waals surface area contributed by atoms with Crippen LogP contribution < -0.4 is 0 Å². The molecule has 0 bridgehead atoms. The lowest BCUT2D eigenvalue weighted by Crippen LogP contribution is -2.50. The van der Waals surface area contributed by atoms with Crippen molar-refractivity contribution in [3.63, 3.8) is 0 Å². The summed E-state index contributed by atoms with van der Waals surface area (Å²) >= 11 is 0. The number of hydrogen-bond acceptors (Lipinski definition) is 0. The van der Waals surface area contributed by atoms with Crippen LogP contribution in [0.3, 0.4) is 0 Å². The molecular weight excluding hydrogens is 372 g/mol. The number of fused-ring (bicyclic) bond motifs is 2. The van der Waals surface area contributed by atoms with Gasteiger partial charge >= 0.3 is 0 Å². The Morgan fingerprint density at radius 3 is 1.03 bits per heavy atom. The lowest BCUT2D eigenvalue weighted by atomic mass is 9.50. The van der Waals surface area contributed by atoms with Crippen molar-refractivity contribution in [1.29, 1.82) is 0 Å². The molecule has 0 aromatic rings. The molecule has 0 heterocycles. The highest BCUT2D eigenvalue weighted by Gasteiger charge is 2.62. The molecule has 4 saturated carbocycles. The average Bonchev–Trinajstić information content (AvgIpc) is 3.25. The summed E-state index contributed by atoms with van der Waals surface area (Å²) in [5.41, 5.74) is 0.459. The van der Waals surface area contributed by atoms with E-state index in [9.17, 15) is 0 Å². The molecule has 0 aromatic heterocycles. The van der Waals surface area contributed by atoms with E-state index in [0.717, 1.165) is 94.7 Å². The first-order chi connectivity index (χ1) is 14.3.